The summed E-state index contributed by atoms with van der Waals surface area (Å²) >= 11 is 0. The molecule has 0 spiro atoms. The van der Waals surface area contributed by atoms with Crippen LogP contribution in [0.25, 0.3) is 0 Å². The Balaban J connectivity index is 2.87. The number of aromatic nitrogens is 1. The lowest BCUT2D eigenvalue weighted by Gasteiger charge is -2.19. The highest BCUT2D eigenvalue weighted by Gasteiger charge is 2.21. The van der Waals surface area contributed by atoms with Crippen molar-refractivity contribution in [2.24, 2.45) is 5.92 Å². The van der Waals surface area contributed by atoms with Crippen LogP contribution < -0.4 is 15.8 Å². The van der Waals surface area contributed by atoms with E-state index in [2.05, 4.69) is 10.3 Å². The summed E-state index contributed by atoms with van der Waals surface area (Å²) in [4.78, 5) is 16.0. The normalized spacial score (nSPS) is 12.1. The fraction of sp³-hybridized carbons (Fsp3) is 0.571. The molecule has 0 aliphatic carbocycles. The van der Waals surface area contributed by atoms with Crippen LogP contribution in [0.1, 0.15) is 27.2 Å². The largest absolute Gasteiger partial charge is 0.476 e. The average molecular weight is 281 g/mol. The summed E-state index contributed by atoms with van der Waals surface area (Å²) in [7, 11) is 1.37. The van der Waals surface area contributed by atoms with E-state index in [0.29, 0.717) is 36.3 Å². The van der Waals surface area contributed by atoms with Gasteiger partial charge < -0.3 is 20.5 Å². The van der Waals surface area contributed by atoms with Gasteiger partial charge in [-0.25, -0.2) is 4.79 Å². The summed E-state index contributed by atoms with van der Waals surface area (Å²) in [5, 5.41) is 3.07. The van der Waals surface area contributed by atoms with Gasteiger partial charge in [-0.05, 0) is 31.4 Å². The first kappa shape index (κ1) is 16.1. The van der Waals surface area contributed by atoms with Gasteiger partial charge in [-0.2, -0.15) is 4.98 Å². The van der Waals surface area contributed by atoms with Gasteiger partial charge in [0.15, 0.2) is 0 Å². The van der Waals surface area contributed by atoms with Crippen molar-refractivity contribution >= 4 is 17.5 Å². The smallest absolute Gasteiger partial charge is 0.328 e. The van der Waals surface area contributed by atoms with Crippen LogP contribution in [0.5, 0.6) is 5.88 Å². The van der Waals surface area contributed by atoms with Crippen molar-refractivity contribution in [2.75, 3.05) is 24.8 Å². The summed E-state index contributed by atoms with van der Waals surface area (Å²) in [5.41, 5.74) is 6.23. The zero-order chi connectivity index (χ0) is 15.1. The number of carbonyl (C=O) groups excluding carboxylic acids is 1. The molecule has 1 unspecified atom stereocenters. The lowest BCUT2D eigenvalue weighted by molar-refractivity contribution is -0.141. The SMILES string of the molecule is CCOc1nc(NC(CC(C)C)C(=O)OC)ccc1N. The second-order valence-electron chi connectivity index (χ2n) is 4.87. The quantitative estimate of drug-likeness (QED) is 0.744. The lowest BCUT2D eigenvalue weighted by Crippen LogP contribution is -2.32. The van der Waals surface area contributed by atoms with E-state index in [4.69, 9.17) is 15.2 Å². The molecule has 1 atom stereocenters. The number of nitrogen functional groups attached to an aromatic ring is 1. The standard InChI is InChI=1S/C14H23N3O3/c1-5-20-13-10(15)6-7-12(17-13)16-11(8-9(2)3)14(18)19-4/h6-7,9,11H,5,8,15H2,1-4H3,(H,16,17). The summed E-state index contributed by atoms with van der Waals surface area (Å²) < 4.78 is 10.1. The molecule has 1 heterocycles. The monoisotopic (exact) mass is 281 g/mol. The van der Waals surface area contributed by atoms with Crippen molar-refractivity contribution in [2.45, 2.75) is 33.2 Å². The molecule has 1 aromatic heterocycles. The van der Waals surface area contributed by atoms with Gasteiger partial charge in [-0.1, -0.05) is 13.8 Å². The summed E-state index contributed by atoms with van der Waals surface area (Å²) in [6.45, 7) is 6.42. The first-order chi connectivity index (χ1) is 9.47. The first-order valence-electron chi connectivity index (χ1n) is 6.71. The van der Waals surface area contributed by atoms with Crippen molar-refractivity contribution < 1.29 is 14.3 Å². The predicted molar refractivity (Wildman–Crippen MR) is 78.7 cm³/mol. The molecular formula is C14H23N3O3. The number of rotatable bonds is 7. The third kappa shape index (κ3) is 4.60. The number of nitrogens with one attached hydrogen (secondary N) is 1. The van der Waals surface area contributed by atoms with E-state index in [-0.39, 0.29) is 5.97 Å². The molecule has 112 valence electrons. The Hall–Kier alpha value is -1.98. The second kappa shape index (κ2) is 7.57. The minimum absolute atomic E-state index is 0.310. The van der Waals surface area contributed by atoms with E-state index in [1.807, 2.05) is 20.8 Å². The van der Waals surface area contributed by atoms with E-state index in [1.54, 1.807) is 12.1 Å². The molecule has 0 aliphatic rings. The number of pyridine rings is 1. The van der Waals surface area contributed by atoms with Gasteiger partial charge in [0.1, 0.15) is 11.9 Å². The molecule has 0 bridgehead atoms. The Morgan fingerprint density at radius 1 is 1.45 bits per heavy atom. The van der Waals surface area contributed by atoms with Crippen LogP contribution in [0, 0.1) is 5.92 Å². The van der Waals surface area contributed by atoms with Gasteiger partial charge >= 0.3 is 5.97 Å². The molecule has 6 nitrogen and oxygen atoms in total. The zero-order valence-corrected chi connectivity index (χ0v) is 12.5. The molecular weight excluding hydrogens is 258 g/mol. The third-order valence-electron chi connectivity index (χ3n) is 2.69. The highest BCUT2D eigenvalue weighted by atomic mass is 16.5. The Morgan fingerprint density at radius 2 is 2.15 bits per heavy atom. The Kier molecular flexibility index (Phi) is 6.09. The van der Waals surface area contributed by atoms with Gasteiger partial charge in [0.2, 0.25) is 5.88 Å². The van der Waals surface area contributed by atoms with Gasteiger partial charge in [0, 0.05) is 0 Å². The highest BCUT2D eigenvalue weighted by molar-refractivity contribution is 5.79. The Morgan fingerprint density at radius 3 is 2.70 bits per heavy atom. The first-order valence-corrected chi connectivity index (χ1v) is 6.71. The Labute approximate surface area is 119 Å². The van der Waals surface area contributed by atoms with Crippen molar-refractivity contribution in [1.29, 1.82) is 0 Å². The van der Waals surface area contributed by atoms with Crippen LogP contribution in [0.2, 0.25) is 0 Å². The molecule has 0 saturated carbocycles. The molecule has 0 aromatic carbocycles. The molecule has 1 rings (SSSR count). The fourth-order valence-electron chi connectivity index (χ4n) is 1.79. The van der Waals surface area contributed by atoms with Crippen LogP contribution in [-0.2, 0) is 9.53 Å². The van der Waals surface area contributed by atoms with Crippen LogP contribution in [0.15, 0.2) is 12.1 Å². The fourth-order valence-corrected chi connectivity index (χ4v) is 1.79. The maximum absolute atomic E-state index is 11.8. The van der Waals surface area contributed by atoms with Gasteiger partial charge in [0.25, 0.3) is 0 Å². The van der Waals surface area contributed by atoms with Crippen LogP contribution in [0.4, 0.5) is 11.5 Å². The summed E-state index contributed by atoms with van der Waals surface area (Å²) in [6, 6.07) is 2.98. The van der Waals surface area contributed by atoms with Gasteiger partial charge in [0.05, 0.1) is 19.4 Å². The number of hydrogen-bond acceptors (Lipinski definition) is 6. The van der Waals surface area contributed by atoms with Crippen molar-refractivity contribution in [3.05, 3.63) is 12.1 Å². The molecule has 3 N–H and O–H groups in total. The van der Waals surface area contributed by atoms with E-state index < -0.39 is 6.04 Å². The number of nitrogens with zero attached hydrogens (tertiary/aromatic N) is 1. The number of anilines is 2. The van der Waals surface area contributed by atoms with E-state index >= 15 is 0 Å². The zero-order valence-electron chi connectivity index (χ0n) is 12.5. The topological polar surface area (TPSA) is 86.5 Å². The molecule has 0 radical (unpaired) electrons. The predicted octanol–water partition coefficient (Wildman–Crippen LogP) is 2.06. The third-order valence-corrected chi connectivity index (χ3v) is 2.69. The number of hydrogen-bond donors (Lipinski definition) is 2. The minimum Gasteiger partial charge on any atom is -0.476 e. The molecule has 6 heteroatoms. The molecule has 0 saturated heterocycles. The van der Waals surface area contributed by atoms with Crippen LogP contribution >= 0.6 is 0 Å². The molecule has 1 aromatic rings. The summed E-state index contributed by atoms with van der Waals surface area (Å²) in [6.07, 6.45) is 0.655. The van der Waals surface area contributed by atoms with Crippen molar-refractivity contribution in [3.63, 3.8) is 0 Å². The van der Waals surface area contributed by atoms with Crippen LogP contribution in [0.3, 0.4) is 0 Å². The number of methoxy groups -OCH3 is 1. The summed E-state index contributed by atoms with van der Waals surface area (Å²) in [5.74, 6) is 0.950. The molecule has 0 amide bonds. The van der Waals surface area contributed by atoms with E-state index in [0.717, 1.165) is 0 Å². The number of carbonyl (C=O) groups is 1. The number of nitrogens with two attached hydrogens (primary N) is 1. The number of esters is 1. The van der Waals surface area contributed by atoms with E-state index in [1.165, 1.54) is 7.11 Å². The molecule has 0 aliphatic heterocycles. The Bertz CT molecular complexity index is 449. The maximum Gasteiger partial charge on any atom is 0.328 e. The highest BCUT2D eigenvalue weighted by Crippen LogP contribution is 2.22. The van der Waals surface area contributed by atoms with Gasteiger partial charge in [-0.15, -0.1) is 0 Å². The minimum atomic E-state index is -0.439. The van der Waals surface area contributed by atoms with E-state index in [9.17, 15) is 4.79 Å². The lowest BCUT2D eigenvalue weighted by atomic mass is 10.0. The maximum atomic E-state index is 11.8. The second-order valence-corrected chi connectivity index (χ2v) is 4.87. The van der Waals surface area contributed by atoms with Gasteiger partial charge in [-0.3, -0.25) is 0 Å². The van der Waals surface area contributed by atoms with Crippen molar-refractivity contribution in [3.8, 4) is 5.88 Å². The van der Waals surface area contributed by atoms with Crippen molar-refractivity contribution in [1.82, 2.24) is 4.98 Å². The number of ether oxygens (including phenoxy) is 2. The molecule has 0 fully saturated rings. The van der Waals surface area contributed by atoms with Crippen LogP contribution in [-0.4, -0.2) is 30.7 Å². The average Bonchev–Trinajstić information content (AvgIpc) is 2.40. The molecule has 20 heavy (non-hydrogen) atoms.